The molecule has 0 radical (unpaired) electrons. The molecule has 2 nitrogen and oxygen atoms in total. The second kappa shape index (κ2) is 8.71. The van der Waals surface area contributed by atoms with Crippen molar-refractivity contribution >= 4 is 28.4 Å². The number of allylic oxidation sites excluding steroid dienone is 2. The van der Waals surface area contributed by atoms with Gasteiger partial charge in [-0.05, 0) is 92.6 Å². The van der Waals surface area contributed by atoms with Gasteiger partial charge in [-0.15, -0.1) is 0 Å². The lowest BCUT2D eigenvalue weighted by Gasteiger charge is -2.42. The van der Waals surface area contributed by atoms with E-state index in [4.69, 9.17) is 5.11 Å². The predicted octanol–water partition coefficient (Wildman–Crippen LogP) is 8.39. The van der Waals surface area contributed by atoms with E-state index in [1.54, 1.807) is 12.1 Å². The molecule has 35 heavy (non-hydrogen) atoms. The minimum atomic E-state index is -4.49. The maximum Gasteiger partial charge on any atom is 0.416 e. The number of halogens is 3. The molecule has 0 aliphatic heterocycles. The van der Waals surface area contributed by atoms with Crippen LogP contribution in [0.5, 0.6) is 0 Å². The van der Waals surface area contributed by atoms with Crippen molar-refractivity contribution in [3.63, 3.8) is 0 Å². The smallest absolute Gasteiger partial charge is 0.416 e. The van der Waals surface area contributed by atoms with E-state index in [-0.39, 0.29) is 10.8 Å². The number of hydrogen-bond donors (Lipinski definition) is 1. The van der Waals surface area contributed by atoms with E-state index >= 15 is 0 Å². The lowest BCUT2D eigenvalue weighted by molar-refractivity contribution is -0.137. The van der Waals surface area contributed by atoms with Gasteiger partial charge >= 0.3 is 12.1 Å². The fraction of sp³-hybridized carbons (Fsp3) is 0.300. The topological polar surface area (TPSA) is 37.3 Å². The van der Waals surface area contributed by atoms with Crippen LogP contribution in [0.25, 0.3) is 22.4 Å². The van der Waals surface area contributed by atoms with Gasteiger partial charge in [0.2, 0.25) is 0 Å². The van der Waals surface area contributed by atoms with E-state index in [0.717, 1.165) is 47.4 Å². The first-order valence-electron chi connectivity index (χ1n) is 11.7. The Morgan fingerprint density at radius 2 is 1.49 bits per heavy atom. The van der Waals surface area contributed by atoms with E-state index in [1.165, 1.54) is 23.3 Å². The molecule has 0 unspecified atom stereocenters. The van der Waals surface area contributed by atoms with Gasteiger partial charge in [0.25, 0.3) is 0 Å². The maximum absolute atomic E-state index is 13.3. The highest BCUT2D eigenvalue weighted by Gasteiger charge is 2.37. The third kappa shape index (κ3) is 5.19. The molecule has 0 heterocycles. The van der Waals surface area contributed by atoms with Crippen LogP contribution in [0.15, 0.2) is 66.7 Å². The van der Waals surface area contributed by atoms with Crippen molar-refractivity contribution in [2.24, 2.45) is 0 Å². The average Bonchev–Trinajstić information content (AvgIpc) is 2.78. The normalized spacial score (nSPS) is 17.5. The molecule has 0 saturated heterocycles. The van der Waals surface area contributed by atoms with Gasteiger partial charge in [0.15, 0.2) is 0 Å². The lowest BCUT2D eigenvalue weighted by atomic mass is 9.63. The van der Waals surface area contributed by atoms with Gasteiger partial charge in [0.05, 0.1) is 5.56 Å². The standard InChI is InChI=1S/C30H29F3O2/c1-28(2)12-13-29(3,4)26-18-23-15-19(8-9-22(23)17-25(26)28)14-21(10-11-27(34)35)20-6-5-7-24(16-20)30(31,32)33/h5-11,14-18H,12-13H2,1-4H3,(H,34,35). The highest BCUT2D eigenvalue weighted by molar-refractivity contribution is 5.94. The second-order valence-corrected chi connectivity index (χ2v) is 10.6. The zero-order chi connectivity index (χ0) is 25.6. The molecule has 3 aromatic rings. The molecule has 1 aliphatic carbocycles. The van der Waals surface area contributed by atoms with Gasteiger partial charge in [-0.2, -0.15) is 13.2 Å². The Morgan fingerprint density at radius 3 is 2.09 bits per heavy atom. The monoisotopic (exact) mass is 478 g/mol. The molecule has 0 amide bonds. The van der Waals surface area contributed by atoms with Crippen molar-refractivity contribution < 1.29 is 23.1 Å². The molecule has 0 spiro atoms. The number of aliphatic carboxylic acids is 1. The summed E-state index contributed by atoms with van der Waals surface area (Å²) in [6.45, 7) is 9.08. The predicted molar refractivity (Wildman–Crippen MR) is 135 cm³/mol. The van der Waals surface area contributed by atoms with Crippen LogP contribution in [-0.2, 0) is 21.8 Å². The van der Waals surface area contributed by atoms with Crippen molar-refractivity contribution in [3.05, 3.63) is 94.6 Å². The molecule has 0 atom stereocenters. The van der Waals surface area contributed by atoms with E-state index in [2.05, 4.69) is 39.8 Å². The van der Waals surface area contributed by atoms with E-state index in [0.29, 0.717) is 11.1 Å². The molecule has 4 rings (SSSR count). The molecule has 0 bridgehead atoms. The summed E-state index contributed by atoms with van der Waals surface area (Å²) in [4.78, 5) is 11.1. The van der Waals surface area contributed by atoms with Crippen LogP contribution in [0.2, 0.25) is 0 Å². The number of alkyl halides is 3. The number of benzene rings is 3. The lowest BCUT2D eigenvalue weighted by Crippen LogP contribution is -2.33. The van der Waals surface area contributed by atoms with Crippen molar-refractivity contribution in [1.29, 1.82) is 0 Å². The summed E-state index contributed by atoms with van der Waals surface area (Å²) >= 11 is 0. The molecule has 0 aromatic heterocycles. The molecular formula is C30H29F3O2. The zero-order valence-corrected chi connectivity index (χ0v) is 20.3. The number of hydrogen-bond acceptors (Lipinski definition) is 1. The Labute approximate surface area is 203 Å². The molecular weight excluding hydrogens is 449 g/mol. The van der Waals surface area contributed by atoms with Gasteiger partial charge in [0, 0.05) is 6.08 Å². The summed E-state index contributed by atoms with van der Waals surface area (Å²) in [6.07, 6.45) is 1.73. The number of rotatable bonds is 4. The largest absolute Gasteiger partial charge is 0.478 e. The summed E-state index contributed by atoms with van der Waals surface area (Å²) in [5.74, 6) is -1.17. The fourth-order valence-corrected chi connectivity index (χ4v) is 4.86. The van der Waals surface area contributed by atoms with E-state index in [9.17, 15) is 18.0 Å². The van der Waals surface area contributed by atoms with Crippen molar-refractivity contribution in [1.82, 2.24) is 0 Å². The Kier molecular flexibility index (Phi) is 6.16. The highest BCUT2D eigenvalue weighted by Crippen LogP contribution is 2.47. The molecule has 5 heteroatoms. The number of carbonyl (C=O) groups is 1. The number of carboxylic acid groups (broad SMARTS) is 1. The number of fused-ring (bicyclic) bond motifs is 2. The van der Waals surface area contributed by atoms with Gasteiger partial charge in [-0.25, -0.2) is 4.79 Å². The van der Waals surface area contributed by atoms with Gasteiger partial charge in [0.1, 0.15) is 0 Å². The quantitative estimate of drug-likeness (QED) is 0.232. The van der Waals surface area contributed by atoms with Crippen LogP contribution in [0, 0.1) is 0 Å². The summed E-state index contributed by atoms with van der Waals surface area (Å²) < 4.78 is 39.8. The van der Waals surface area contributed by atoms with Gasteiger partial charge in [-0.1, -0.05) is 64.1 Å². The first-order valence-corrected chi connectivity index (χ1v) is 11.7. The first-order chi connectivity index (χ1) is 16.3. The van der Waals surface area contributed by atoms with Crippen molar-refractivity contribution in [3.8, 4) is 0 Å². The van der Waals surface area contributed by atoms with Crippen LogP contribution in [0.4, 0.5) is 13.2 Å². The van der Waals surface area contributed by atoms with E-state index in [1.807, 2.05) is 18.2 Å². The molecule has 1 N–H and O–H groups in total. The van der Waals surface area contributed by atoms with Gasteiger partial charge < -0.3 is 5.11 Å². The van der Waals surface area contributed by atoms with Gasteiger partial charge in [-0.3, -0.25) is 0 Å². The average molecular weight is 479 g/mol. The van der Waals surface area contributed by atoms with Crippen LogP contribution in [0.3, 0.4) is 0 Å². The van der Waals surface area contributed by atoms with Crippen LogP contribution < -0.4 is 0 Å². The Morgan fingerprint density at radius 1 is 0.857 bits per heavy atom. The summed E-state index contributed by atoms with van der Waals surface area (Å²) in [5.41, 5.74) is 3.52. The van der Waals surface area contributed by atoms with Crippen molar-refractivity contribution in [2.75, 3.05) is 0 Å². The SMILES string of the molecule is CC1(C)CCC(C)(C)c2cc3cc(C=C(C=CC(=O)O)c4cccc(C(F)(F)F)c4)ccc3cc21. The van der Waals surface area contributed by atoms with Crippen LogP contribution >= 0.6 is 0 Å². The van der Waals surface area contributed by atoms with Crippen LogP contribution in [0.1, 0.15) is 68.4 Å². The minimum Gasteiger partial charge on any atom is -0.478 e. The van der Waals surface area contributed by atoms with Crippen molar-refractivity contribution in [2.45, 2.75) is 57.5 Å². The maximum atomic E-state index is 13.3. The second-order valence-electron chi connectivity index (χ2n) is 10.6. The van der Waals surface area contributed by atoms with E-state index < -0.39 is 17.7 Å². The molecule has 3 aromatic carbocycles. The van der Waals surface area contributed by atoms with Crippen LogP contribution in [-0.4, -0.2) is 11.1 Å². The first kappa shape index (κ1) is 24.8. The third-order valence-electron chi connectivity index (χ3n) is 7.08. The zero-order valence-electron chi connectivity index (χ0n) is 20.3. The molecule has 1 aliphatic rings. The fourth-order valence-electron chi connectivity index (χ4n) is 4.86. The molecule has 0 saturated carbocycles. The Balaban J connectivity index is 1.85. The molecule has 0 fully saturated rings. The summed E-state index contributed by atoms with van der Waals surface area (Å²) in [7, 11) is 0. The highest BCUT2D eigenvalue weighted by atomic mass is 19.4. The Hall–Kier alpha value is -3.34. The summed E-state index contributed by atoms with van der Waals surface area (Å²) in [5, 5.41) is 11.3. The third-order valence-corrected chi connectivity index (χ3v) is 7.08. The molecule has 182 valence electrons. The Bertz CT molecular complexity index is 1360. The number of carboxylic acids is 1. The summed E-state index contributed by atoms with van der Waals surface area (Å²) in [6, 6.07) is 15.4. The minimum absolute atomic E-state index is 0.0539.